The third kappa shape index (κ3) is 3.97. The summed E-state index contributed by atoms with van der Waals surface area (Å²) in [6.45, 7) is 12.5. The molecule has 0 fully saturated rings. The minimum Gasteiger partial charge on any atom is -0.507 e. The van der Waals surface area contributed by atoms with Crippen molar-refractivity contribution in [1.29, 1.82) is 0 Å². The number of aliphatic imine (C=N–C) groups is 1. The molecule has 2 aromatic rings. The summed E-state index contributed by atoms with van der Waals surface area (Å²) in [6, 6.07) is 10.9. The van der Waals surface area contributed by atoms with Gasteiger partial charge in [0.2, 0.25) is 0 Å². The molecule has 2 N–H and O–H groups in total. The van der Waals surface area contributed by atoms with Crippen molar-refractivity contribution in [3.63, 3.8) is 0 Å². The predicted octanol–water partition coefficient (Wildman–Crippen LogP) is 5.44. The maximum atomic E-state index is 10.7. The highest BCUT2D eigenvalue weighted by Gasteiger charge is 2.26. The Hall–Kier alpha value is -2.29. The molecule has 2 aromatic carbocycles. The Morgan fingerprint density at radius 1 is 0.833 bits per heavy atom. The van der Waals surface area contributed by atoms with Gasteiger partial charge >= 0.3 is 0 Å². The first-order chi connectivity index (χ1) is 11.0. The summed E-state index contributed by atoms with van der Waals surface area (Å²) in [7, 11) is 0. The van der Waals surface area contributed by atoms with Gasteiger partial charge in [0.1, 0.15) is 17.2 Å². The highest BCUT2D eigenvalue weighted by molar-refractivity contribution is 5.84. The summed E-state index contributed by atoms with van der Waals surface area (Å²) < 4.78 is 0. The molecular weight excluding hydrogens is 298 g/mol. The van der Waals surface area contributed by atoms with Crippen LogP contribution in [0.25, 0.3) is 0 Å². The summed E-state index contributed by atoms with van der Waals surface area (Å²) in [4.78, 5) is 4.40. The summed E-state index contributed by atoms with van der Waals surface area (Å²) in [5.41, 5.74) is 2.87. The summed E-state index contributed by atoms with van der Waals surface area (Å²) in [5, 5.41) is 20.6. The van der Waals surface area contributed by atoms with Gasteiger partial charge in [-0.25, -0.2) is 0 Å². The monoisotopic (exact) mass is 325 g/mol. The van der Waals surface area contributed by atoms with Crippen LogP contribution in [0.3, 0.4) is 0 Å². The van der Waals surface area contributed by atoms with E-state index in [1.54, 1.807) is 24.4 Å². The molecule has 128 valence electrons. The van der Waals surface area contributed by atoms with Crippen molar-refractivity contribution in [2.45, 2.75) is 52.4 Å². The zero-order valence-electron chi connectivity index (χ0n) is 15.4. The summed E-state index contributed by atoms with van der Waals surface area (Å²) in [5.74, 6) is 0.509. The molecule has 0 aliphatic carbocycles. The lowest BCUT2D eigenvalue weighted by atomic mass is 9.78. The highest BCUT2D eigenvalue weighted by atomic mass is 16.3. The van der Waals surface area contributed by atoms with Crippen LogP contribution < -0.4 is 0 Å². The van der Waals surface area contributed by atoms with Crippen molar-refractivity contribution in [3.05, 3.63) is 53.1 Å². The molecule has 0 bridgehead atoms. The molecule has 2 rings (SSSR count). The molecule has 0 aliphatic heterocycles. The smallest absolute Gasteiger partial charge is 0.141 e. The molecule has 3 nitrogen and oxygen atoms in total. The number of phenolic OH excluding ortho intramolecular Hbond substituents is 2. The van der Waals surface area contributed by atoms with Crippen molar-refractivity contribution in [2.75, 3.05) is 0 Å². The average Bonchev–Trinajstić information content (AvgIpc) is 2.45. The van der Waals surface area contributed by atoms with Gasteiger partial charge in [-0.3, -0.25) is 4.99 Å². The van der Waals surface area contributed by atoms with Gasteiger partial charge in [-0.2, -0.15) is 0 Å². The molecule has 0 spiro atoms. The van der Waals surface area contributed by atoms with Crippen molar-refractivity contribution < 1.29 is 10.2 Å². The Labute approximate surface area is 144 Å². The minimum absolute atomic E-state index is 0.152. The fourth-order valence-corrected chi connectivity index (χ4v) is 2.59. The van der Waals surface area contributed by atoms with E-state index in [-0.39, 0.29) is 16.6 Å². The summed E-state index contributed by atoms with van der Waals surface area (Å²) in [6.07, 6.45) is 1.74. The molecule has 24 heavy (non-hydrogen) atoms. The van der Waals surface area contributed by atoms with Gasteiger partial charge in [0.25, 0.3) is 0 Å². The molecule has 0 radical (unpaired) electrons. The van der Waals surface area contributed by atoms with Crippen molar-refractivity contribution in [2.24, 2.45) is 4.99 Å². The Balaban J connectivity index is 2.57. The van der Waals surface area contributed by atoms with Crippen LogP contribution in [0.15, 0.2) is 41.4 Å². The molecular formula is C21H27NO2. The molecule has 0 amide bonds. The van der Waals surface area contributed by atoms with Crippen molar-refractivity contribution in [3.8, 4) is 11.5 Å². The van der Waals surface area contributed by atoms with Crippen molar-refractivity contribution in [1.82, 2.24) is 0 Å². The van der Waals surface area contributed by atoms with E-state index in [0.29, 0.717) is 11.4 Å². The fourth-order valence-electron chi connectivity index (χ4n) is 2.59. The zero-order chi connectivity index (χ0) is 18.1. The van der Waals surface area contributed by atoms with Crippen LogP contribution in [0.2, 0.25) is 0 Å². The average molecular weight is 325 g/mol. The Bertz CT molecular complexity index is 727. The molecule has 0 atom stereocenters. The number of rotatable bonds is 2. The maximum Gasteiger partial charge on any atom is 0.141 e. The quantitative estimate of drug-likeness (QED) is 0.722. The van der Waals surface area contributed by atoms with Crippen LogP contribution in [0.5, 0.6) is 11.5 Å². The van der Waals surface area contributed by atoms with Crippen LogP contribution in [-0.4, -0.2) is 16.4 Å². The fraction of sp³-hybridized carbons (Fsp3) is 0.381. The van der Waals surface area contributed by atoms with Gasteiger partial charge < -0.3 is 10.2 Å². The molecule has 0 saturated carbocycles. The number of phenols is 2. The van der Waals surface area contributed by atoms with Crippen LogP contribution in [0.1, 0.15) is 58.2 Å². The van der Waals surface area contributed by atoms with Gasteiger partial charge in [-0.1, -0.05) is 53.7 Å². The number of nitrogens with zero attached hydrogens (tertiary/aromatic N) is 1. The Morgan fingerprint density at radius 2 is 1.33 bits per heavy atom. The zero-order valence-corrected chi connectivity index (χ0v) is 15.4. The molecule has 0 saturated heterocycles. The van der Waals surface area contributed by atoms with Gasteiger partial charge in [0.05, 0.1) is 0 Å². The Morgan fingerprint density at radius 3 is 1.79 bits per heavy atom. The number of benzene rings is 2. The van der Waals surface area contributed by atoms with E-state index in [0.717, 1.165) is 16.7 Å². The lowest BCUT2D eigenvalue weighted by Gasteiger charge is -2.27. The van der Waals surface area contributed by atoms with E-state index in [2.05, 4.69) is 46.5 Å². The number of hydrogen-bond donors (Lipinski definition) is 2. The SMILES string of the molecule is CC(C)(C)c1cc(C=Nc2ccccc2O)cc(C(C)(C)C)c1O. The second kappa shape index (κ2) is 6.31. The van der Waals surface area contributed by atoms with Crippen molar-refractivity contribution >= 4 is 11.9 Å². The van der Waals surface area contributed by atoms with Crippen LogP contribution in [0, 0.1) is 0 Å². The van der Waals surface area contributed by atoms with Crippen LogP contribution in [-0.2, 0) is 10.8 Å². The standard InChI is InChI=1S/C21H27NO2/c1-20(2,3)15-11-14(12-16(19(15)24)21(4,5)6)13-22-17-9-7-8-10-18(17)23/h7-13,23-24H,1-6H3. The second-order valence-corrected chi connectivity index (χ2v) is 8.21. The first-order valence-electron chi connectivity index (χ1n) is 8.20. The van der Waals surface area contributed by atoms with E-state index in [9.17, 15) is 10.2 Å². The normalized spacial score (nSPS) is 12.8. The van der Waals surface area contributed by atoms with Gasteiger partial charge in [-0.15, -0.1) is 0 Å². The van der Waals surface area contributed by atoms with Crippen LogP contribution in [0.4, 0.5) is 5.69 Å². The lowest BCUT2D eigenvalue weighted by Crippen LogP contribution is -2.17. The topological polar surface area (TPSA) is 52.8 Å². The molecule has 3 heteroatoms. The van der Waals surface area contributed by atoms with Gasteiger partial charge in [0.15, 0.2) is 0 Å². The molecule has 0 aliphatic rings. The van der Waals surface area contributed by atoms with Gasteiger partial charge in [0, 0.05) is 17.3 Å². The maximum absolute atomic E-state index is 10.7. The second-order valence-electron chi connectivity index (χ2n) is 8.21. The van der Waals surface area contributed by atoms with Crippen LogP contribution >= 0.6 is 0 Å². The molecule has 0 unspecified atom stereocenters. The first kappa shape index (κ1) is 18.1. The van der Waals surface area contributed by atoms with E-state index in [1.807, 2.05) is 18.2 Å². The number of hydrogen-bond acceptors (Lipinski definition) is 3. The summed E-state index contributed by atoms with van der Waals surface area (Å²) >= 11 is 0. The number of aromatic hydroxyl groups is 2. The molecule has 0 heterocycles. The number of para-hydroxylation sites is 2. The third-order valence-electron chi connectivity index (χ3n) is 3.98. The van der Waals surface area contributed by atoms with E-state index in [4.69, 9.17) is 0 Å². The Kier molecular flexibility index (Phi) is 4.75. The predicted molar refractivity (Wildman–Crippen MR) is 101 cm³/mol. The van der Waals surface area contributed by atoms with Gasteiger partial charge in [-0.05, 0) is 40.7 Å². The minimum atomic E-state index is -0.178. The molecule has 0 aromatic heterocycles. The van der Waals surface area contributed by atoms with E-state index in [1.165, 1.54) is 0 Å². The van der Waals surface area contributed by atoms with E-state index < -0.39 is 0 Å². The largest absolute Gasteiger partial charge is 0.507 e. The first-order valence-corrected chi connectivity index (χ1v) is 8.20. The van der Waals surface area contributed by atoms with E-state index >= 15 is 0 Å². The third-order valence-corrected chi connectivity index (χ3v) is 3.98. The lowest BCUT2D eigenvalue weighted by molar-refractivity contribution is 0.423. The highest BCUT2D eigenvalue weighted by Crippen LogP contribution is 2.39.